The first-order valence-electron chi connectivity index (χ1n) is 14.1. The van der Waals surface area contributed by atoms with Gasteiger partial charge in [0.2, 0.25) is 0 Å². The molecule has 7 aromatic rings. The second-order valence-corrected chi connectivity index (χ2v) is 20.5. The fourth-order valence-electron chi connectivity index (χ4n) is 5.41. The summed E-state index contributed by atoms with van der Waals surface area (Å²) in [5, 5.41) is 0. The topological polar surface area (TPSA) is 0 Å². The van der Waals surface area contributed by atoms with Crippen LogP contribution in [0, 0.1) is 0 Å². The summed E-state index contributed by atoms with van der Waals surface area (Å²) < 4.78 is 15.8. The van der Waals surface area contributed by atoms with Gasteiger partial charge in [0.15, 0.2) is 0 Å². The van der Waals surface area contributed by atoms with Crippen LogP contribution in [0.15, 0.2) is 139 Å². The molecule has 9 heteroatoms. The van der Waals surface area contributed by atoms with Gasteiger partial charge >= 0.3 is 0 Å². The summed E-state index contributed by atoms with van der Waals surface area (Å²) in [5.41, 5.74) is 0. The van der Waals surface area contributed by atoms with Gasteiger partial charge in [-0.2, -0.15) is 0 Å². The Bertz CT molecular complexity index is 2240. The lowest BCUT2D eigenvalue weighted by atomic mass is 10.3. The van der Waals surface area contributed by atoms with Gasteiger partial charge in [0, 0.05) is 85.8 Å². The number of fused-ring (bicyclic) bond motifs is 6. The quantitative estimate of drug-likeness (QED) is 0.152. The summed E-state index contributed by atoms with van der Waals surface area (Å²) in [4.78, 5) is 8.05. The zero-order chi connectivity index (χ0) is 29.5. The highest BCUT2D eigenvalue weighted by atomic mass is 32.2. The van der Waals surface area contributed by atoms with Crippen molar-refractivity contribution in [2.24, 2.45) is 0 Å². The van der Waals surface area contributed by atoms with Crippen molar-refractivity contribution in [3.8, 4) is 0 Å². The van der Waals surface area contributed by atoms with Gasteiger partial charge in [-0.05, 0) is 109 Å². The van der Waals surface area contributed by atoms with Crippen LogP contribution >= 0.6 is 103 Å². The molecule has 3 aliphatic heterocycles. The summed E-state index contributed by atoms with van der Waals surface area (Å²) in [7, 11) is 0. The molecule has 1 aromatic heterocycles. The van der Waals surface area contributed by atoms with Gasteiger partial charge in [-0.1, -0.05) is 35.3 Å². The van der Waals surface area contributed by atoms with Crippen molar-refractivity contribution in [1.82, 2.24) is 0 Å². The Morgan fingerprint density at radius 3 is 0.622 bits per heavy atom. The van der Waals surface area contributed by atoms with E-state index in [0.29, 0.717) is 0 Å². The first-order chi connectivity index (χ1) is 22.1. The molecule has 0 saturated heterocycles. The summed E-state index contributed by atoms with van der Waals surface area (Å²) in [6.07, 6.45) is 0. The van der Waals surface area contributed by atoms with Crippen LogP contribution in [0.25, 0.3) is 56.4 Å². The standard InChI is InChI=1S/C36H18S9/c1-7-25-31-13-19(1)37-20-2-8-27-32(14-20)44-34-16-22(4-10-28(34)41-27)39-24-6-12-30-36(18-24)45-35-17-23(5-11-29(35)42-30)38-21-3-9-26(40-25)33(15-21)43-31/h1-18H. The van der Waals surface area contributed by atoms with Crippen molar-refractivity contribution in [1.29, 1.82) is 0 Å². The fraction of sp³-hybridized carbons (Fsp3) is 0. The van der Waals surface area contributed by atoms with Crippen LogP contribution in [0.1, 0.15) is 0 Å². The molecular weight excluding hydrogens is 721 g/mol. The van der Waals surface area contributed by atoms with Gasteiger partial charge in [-0.15, -0.1) is 68.0 Å². The first-order valence-corrected chi connectivity index (χ1v) is 21.5. The van der Waals surface area contributed by atoms with Crippen molar-refractivity contribution in [3.63, 3.8) is 0 Å². The van der Waals surface area contributed by atoms with E-state index in [-0.39, 0.29) is 0 Å². The molecule has 0 spiro atoms. The van der Waals surface area contributed by atoms with E-state index in [1.165, 1.54) is 85.8 Å². The van der Waals surface area contributed by atoms with Crippen molar-refractivity contribution in [3.05, 3.63) is 109 Å². The third-order valence-electron chi connectivity index (χ3n) is 7.52. The van der Waals surface area contributed by atoms with E-state index in [1.54, 1.807) is 0 Å². The van der Waals surface area contributed by atoms with Crippen molar-refractivity contribution in [2.45, 2.75) is 29.4 Å². The monoisotopic (exact) mass is 738 g/mol. The van der Waals surface area contributed by atoms with E-state index in [4.69, 9.17) is 0 Å². The molecule has 0 unspecified atom stereocenters. The summed E-state index contributed by atoms with van der Waals surface area (Å²) in [6.45, 7) is 0. The van der Waals surface area contributed by atoms with Crippen LogP contribution in [0.2, 0.25) is 0 Å². The van der Waals surface area contributed by atoms with Crippen LogP contribution in [0.3, 0.4) is 0 Å². The summed E-state index contributed by atoms with van der Waals surface area (Å²) >= 11 is 17.0. The molecule has 45 heavy (non-hydrogen) atoms. The van der Waals surface area contributed by atoms with Crippen LogP contribution in [0.5, 0.6) is 0 Å². The Kier molecular flexibility index (Phi) is 6.88. The minimum atomic E-state index is 1.28. The van der Waals surface area contributed by atoms with Crippen LogP contribution in [-0.4, -0.2) is 0 Å². The largest absolute Gasteiger partial charge is 0.136 e. The molecule has 0 nitrogen and oxygen atoms in total. The Hall–Kier alpha value is -2.31. The first kappa shape index (κ1) is 27.8. The molecule has 0 fully saturated rings. The molecule has 12 bridgehead atoms. The predicted molar refractivity (Wildman–Crippen MR) is 210 cm³/mol. The molecule has 0 amide bonds. The minimum Gasteiger partial charge on any atom is -0.136 e. The maximum absolute atomic E-state index is 2.38. The molecule has 0 N–H and O–H groups in total. The SMILES string of the molecule is c1cc2cc3sc4cc(ccc4Sc13)sc1ccc3c(c1)sc1cc(ccc1S3)sc1ccc3c(c1)sc1cc(ccc1S3)s2. The summed E-state index contributed by atoms with van der Waals surface area (Å²) in [6, 6.07) is 41.7. The molecule has 0 radical (unpaired) electrons. The maximum atomic E-state index is 2.38. The van der Waals surface area contributed by atoms with E-state index < -0.39 is 0 Å². The molecule has 6 aromatic carbocycles. The molecule has 0 atom stereocenters. The zero-order valence-electron chi connectivity index (χ0n) is 23.1. The highest BCUT2D eigenvalue weighted by Gasteiger charge is 2.13. The lowest BCUT2D eigenvalue weighted by molar-refractivity contribution is 1.52. The Labute approximate surface area is 295 Å². The average molecular weight is 739 g/mol. The van der Waals surface area contributed by atoms with Crippen LogP contribution < -0.4 is 0 Å². The molecule has 216 valence electrons. The molecule has 3 aliphatic rings. The van der Waals surface area contributed by atoms with Gasteiger partial charge in [-0.3, -0.25) is 0 Å². The van der Waals surface area contributed by atoms with Crippen molar-refractivity contribution >= 4 is 160 Å². The lowest BCUT2D eigenvalue weighted by Gasteiger charge is -2.11. The molecule has 0 aliphatic carbocycles. The highest BCUT2D eigenvalue weighted by Crippen LogP contribution is 2.46. The smallest absolute Gasteiger partial charge is 0.0430 e. The number of rotatable bonds is 0. The van der Waals surface area contributed by atoms with Crippen LogP contribution in [0.4, 0.5) is 0 Å². The van der Waals surface area contributed by atoms with E-state index >= 15 is 0 Å². The minimum absolute atomic E-state index is 1.28. The van der Waals surface area contributed by atoms with E-state index in [0.717, 1.165) is 0 Å². The second-order valence-electron chi connectivity index (χ2n) is 10.6. The molecular formula is C36H18S9. The Balaban J connectivity index is 1.29. The van der Waals surface area contributed by atoms with E-state index in [2.05, 4.69) is 109 Å². The molecule has 10 rings (SSSR count). The predicted octanol–water partition coefficient (Wildman–Crippen LogP) is 15.4. The van der Waals surface area contributed by atoms with Crippen molar-refractivity contribution in [2.75, 3.05) is 0 Å². The van der Waals surface area contributed by atoms with Crippen LogP contribution in [-0.2, 0) is 0 Å². The normalized spacial score (nSPS) is 13.1. The van der Waals surface area contributed by atoms with Gasteiger partial charge in [0.1, 0.15) is 0 Å². The highest BCUT2D eigenvalue weighted by molar-refractivity contribution is 8.01. The summed E-state index contributed by atoms with van der Waals surface area (Å²) in [5.74, 6) is 0. The second kappa shape index (κ2) is 11.1. The zero-order valence-corrected chi connectivity index (χ0v) is 30.4. The Morgan fingerprint density at radius 1 is 0.222 bits per heavy atom. The van der Waals surface area contributed by atoms with Gasteiger partial charge in [0.25, 0.3) is 0 Å². The Morgan fingerprint density at radius 2 is 0.422 bits per heavy atom. The number of hydrogen-bond acceptors (Lipinski definition) is 9. The van der Waals surface area contributed by atoms with Gasteiger partial charge < -0.3 is 0 Å². The van der Waals surface area contributed by atoms with E-state index in [1.807, 2.05) is 103 Å². The number of benzene rings is 6. The van der Waals surface area contributed by atoms with Gasteiger partial charge in [0.05, 0.1) is 0 Å². The van der Waals surface area contributed by atoms with Crippen molar-refractivity contribution < 1.29 is 0 Å². The van der Waals surface area contributed by atoms with Gasteiger partial charge in [-0.25, -0.2) is 0 Å². The van der Waals surface area contributed by atoms with E-state index in [9.17, 15) is 0 Å². The third-order valence-corrected chi connectivity index (χ3v) is 18.0. The third kappa shape index (κ3) is 5.26. The fourth-order valence-corrected chi connectivity index (χ4v) is 15.4. The molecule has 4 heterocycles. The average Bonchev–Trinajstić information content (AvgIpc) is 3.05. The molecule has 0 saturated carbocycles. The maximum Gasteiger partial charge on any atom is 0.0430 e. The number of hydrogen-bond donors (Lipinski definition) is 0. The lowest BCUT2D eigenvalue weighted by Crippen LogP contribution is -1.81.